The minimum atomic E-state index is -0.860. The molecule has 1 atom stereocenters. The number of aromatic nitrogens is 1. The van der Waals surface area contributed by atoms with Crippen LogP contribution in [0.5, 0.6) is 0 Å². The van der Waals surface area contributed by atoms with Gasteiger partial charge in [-0.05, 0) is 31.7 Å². The maximum atomic E-state index is 12.5. The van der Waals surface area contributed by atoms with Gasteiger partial charge in [-0.3, -0.25) is 14.4 Å². The van der Waals surface area contributed by atoms with Gasteiger partial charge >= 0.3 is 5.97 Å². The fourth-order valence-corrected chi connectivity index (χ4v) is 3.28. The van der Waals surface area contributed by atoms with Gasteiger partial charge in [0.2, 0.25) is 0 Å². The Hall–Kier alpha value is -2.31. The van der Waals surface area contributed by atoms with Gasteiger partial charge in [0.25, 0.3) is 11.8 Å². The van der Waals surface area contributed by atoms with Gasteiger partial charge in [-0.25, -0.2) is 0 Å². The Morgan fingerprint density at radius 2 is 1.74 bits per heavy atom. The van der Waals surface area contributed by atoms with Crippen LogP contribution in [0, 0.1) is 5.92 Å². The van der Waals surface area contributed by atoms with Crippen LogP contribution in [0.2, 0.25) is 0 Å². The first-order valence-electron chi connectivity index (χ1n) is 8.06. The predicted molar refractivity (Wildman–Crippen MR) is 82.2 cm³/mol. The van der Waals surface area contributed by atoms with Crippen LogP contribution in [0.25, 0.3) is 0 Å². The molecule has 2 aliphatic rings. The van der Waals surface area contributed by atoms with Crippen LogP contribution >= 0.6 is 0 Å². The smallest absolute Gasteiger partial charge is 0.308 e. The molecule has 2 fully saturated rings. The Balaban J connectivity index is 1.68. The first-order valence-corrected chi connectivity index (χ1v) is 8.06. The predicted octanol–water partition coefficient (Wildman–Crippen LogP) is 1.19. The summed E-state index contributed by atoms with van der Waals surface area (Å²) in [7, 11) is 0. The van der Waals surface area contributed by atoms with Crippen molar-refractivity contribution >= 4 is 17.8 Å². The minimum Gasteiger partial charge on any atom is -0.481 e. The van der Waals surface area contributed by atoms with E-state index in [-0.39, 0.29) is 18.4 Å². The fourth-order valence-electron chi connectivity index (χ4n) is 3.28. The Morgan fingerprint density at radius 3 is 2.43 bits per heavy atom. The highest BCUT2D eigenvalue weighted by Gasteiger charge is 2.29. The minimum absolute atomic E-state index is 0.0800. The van der Waals surface area contributed by atoms with Crippen molar-refractivity contribution in [3.63, 3.8) is 0 Å². The van der Waals surface area contributed by atoms with E-state index in [0.29, 0.717) is 30.6 Å². The highest BCUT2D eigenvalue weighted by Crippen LogP contribution is 2.20. The van der Waals surface area contributed by atoms with E-state index in [1.165, 1.54) is 6.20 Å². The number of nitrogens with zero attached hydrogens (tertiary/aromatic N) is 2. The molecule has 2 N–H and O–H groups in total. The first-order chi connectivity index (χ1) is 11.1. The molecule has 1 unspecified atom stereocenters. The summed E-state index contributed by atoms with van der Waals surface area (Å²) in [5.74, 6) is -1.66. The van der Waals surface area contributed by atoms with Crippen molar-refractivity contribution in [3.05, 3.63) is 23.5 Å². The third-order valence-electron chi connectivity index (χ3n) is 4.61. The second-order valence-electron chi connectivity index (χ2n) is 6.23. The molecular weight excluding hydrogens is 298 g/mol. The molecule has 124 valence electrons. The van der Waals surface area contributed by atoms with E-state index in [9.17, 15) is 14.4 Å². The van der Waals surface area contributed by atoms with Gasteiger partial charge in [0.15, 0.2) is 0 Å². The van der Waals surface area contributed by atoms with Crippen LogP contribution in [0.4, 0.5) is 0 Å². The van der Waals surface area contributed by atoms with Crippen molar-refractivity contribution in [2.45, 2.75) is 25.7 Å². The molecule has 0 aliphatic carbocycles. The maximum absolute atomic E-state index is 12.5. The number of carbonyl (C=O) groups excluding carboxylic acids is 2. The molecule has 0 radical (unpaired) electrons. The number of amides is 2. The van der Waals surface area contributed by atoms with Crippen molar-refractivity contribution in [2.75, 3.05) is 26.2 Å². The number of hydrogen-bond acceptors (Lipinski definition) is 3. The number of H-pyrrole nitrogens is 1. The number of hydrogen-bond donors (Lipinski definition) is 2. The SMILES string of the molecule is O=C(O)C1CCCN(C(=O)c2c[nH]c(C(=O)N3CCCC3)c2)C1. The van der Waals surface area contributed by atoms with Gasteiger partial charge in [-0.15, -0.1) is 0 Å². The number of aliphatic carboxylic acids is 1. The maximum Gasteiger partial charge on any atom is 0.308 e. The van der Waals surface area contributed by atoms with Gasteiger partial charge < -0.3 is 19.9 Å². The lowest BCUT2D eigenvalue weighted by atomic mass is 9.98. The number of piperidine rings is 1. The molecule has 3 rings (SSSR count). The Morgan fingerprint density at radius 1 is 1.04 bits per heavy atom. The van der Waals surface area contributed by atoms with E-state index in [4.69, 9.17) is 5.11 Å². The largest absolute Gasteiger partial charge is 0.481 e. The standard InChI is InChI=1S/C16H21N3O4/c20-14(19-7-3-4-11(10-19)16(22)23)12-8-13(17-9-12)15(21)18-5-1-2-6-18/h8-9,11,17H,1-7,10H2,(H,22,23). The molecule has 2 aliphatic heterocycles. The molecule has 7 heteroatoms. The molecule has 1 aromatic rings. The molecule has 3 heterocycles. The van der Waals surface area contributed by atoms with E-state index < -0.39 is 11.9 Å². The van der Waals surface area contributed by atoms with Crippen LogP contribution in [-0.2, 0) is 4.79 Å². The van der Waals surface area contributed by atoms with Crippen molar-refractivity contribution in [3.8, 4) is 0 Å². The quantitative estimate of drug-likeness (QED) is 0.875. The Labute approximate surface area is 134 Å². The van der Waals surface area contributed by atoms with Crippen molar-refractivity contribution < 1.29 is 19.5 Å². The zero-order valence-electron chi connectivity index (χ0n) is 13.0. The van der Waals surface area contributed by atoms with Crippen LogP contribution in [0.3, 0.4) is 0 Å². The number of aromatic amines is 1. The zero-order chi connectivity index (χ0) is 16.4. The van der Waals surface area contributed by atoms with Crippen LogP contribution < -0.4 is 0 Å². The zero-order valence-corrected chi connectivity index (χ0v) is 13.0. The second-order valence-corrected chi connectivity index (χ2v) is 6.23. The van der Waals surface area contributed by atoms with E-state index in [0.717, 1.165) is 25.9 Å². The molecule has 2 amide bonds. The van der Waals surface area contributed by atoms with E-state index >= 15 is 0 Å². The molecule has 2 saturated heterocycles. The molecular formula is C16H21N3O4. The highest BCUT2D eigenvalue weighted by atomic mass is 16.4. The monoisotopic (exact) mass is 319 g/mol. The number of rotatable bonds is 3. The average molecular weight is 319 g/mol. The number of nitrogens with one attached hydrogen (secondary N) is 1. The summed E-state index contributed by atoms with van der Waals surface area (Å²) < 4.78 is 0. The van der Waals surface area contributed by atoms with Crippen molar-refractivity contribution in [1.82, 2.24) is 14.8 Å². The van der Waals surface area contributed by atoms with Crippen LogP contribution in [-0.4, -0.2) is 63.9 Å². The molecule has 0 spiro atoms. The summed E-state index contributed by atoms with van der Waals surface area (Å²) >= 11 is 0. The molecule has 23 heavy (non-hydrogen) atoms. The number of likely N-dealkylation sites (tertiary alicyclic amines) is 2. The summed E-state index contributed by atoms with van der Waals surface area (Å²) in [5.41, 5.74) is 0.834. The van der Waals surface area contributed by atoms with Crippen molar-refractivity contribution in [1.29, 1.82) is 0 Å². The molecule has 0 saturated carbocycles. The number of carboxylic acid groups (broad SMARTS) is 1. The molecule has 0 aromatic carbocycles. The van der Waals surface area contributed by atoms with E-state index in [1.54, 1.807) is 15.9 Å². The van der Waals surface area contributed by atoms with Gasteiger partial charge in [0.05, 0.1) is 11.5 Å². The lowest BCUT2D eigenvalue weighted by Gasteiger charge is -2.30. The first kappa shape index (κ1) is 15.6. The second kappa shape index (κ2) is 6.44. The Kier molecular flexibility index (Phi) is 4.36. The van der Waals surface area contributed by atoms with Gasteiger partial charge in [0, 0.05) is 32.4 Å². The lowest BCUT2D eigenvalue weighted by Crippen LogP contribution is -2.42. The molecule has 1 aromatic heterocycles. The molecule has 0 bridgehead atoms. The van der Waals surface area contributed by atoms with Crippen molar-refractivity contribution in [2.24, 2.45) is 5.92 Å². The molecule has 7 nitrogen and oxygen atoms in total. The normalized spacial score (nSPS) is 21.5. The van der Waals surface area contributed by atoms with E-state index in [1.807, 2.05) is 0 Å². The van der Waals surface area contributed by atoms with Gasteiger partial charge in [0.1, 0.15) is 5.69 Å². The van der Waals surface area contributed by atoms with Gasteiger partial charge in [-0.2, -0.15) is 0 Å². The number of carbonyl (C=O) groups is 3. The summed E-state index contributed by atoms with van der Waals surface area (Å²) in [4.78, 5) is 42.1. The fraction of sp³-hybridized carbons (Fsp3) is 0.562. The summed E-state index contributed by atoms with van der Waals surface area (Å²) in [6, 6.07) is 1.58. The van der Waals surface area contributed by atoms with Crippen LogP contribution in [0.15, 0.2) is 12.3 Å². The average Bonchev–Trinajstić information content (AvgIpc) is 3.25. The summed E-state index contributed by atoms with van der Waals surface area (Å²) in [6.45, 7) is 2.30. The Bertz CT molecular complexity index is 619. The third kappa shape index (κ3) is 3.23. The van der Waals surface area contributed by atoms with Gasteiger partial charge in [-0.1, -0.05) is 0 Å². The topological polar surface area (TPSA) is 93.7 Å². The van der Waals surface area contributed by atoms with E-state index in [2.05, 4.69) is 4.98 Å². The van der Waals surface area contributed by atoms with Crippen LogP contribution in [0.1, 0.15) is 46.5 Å². The number of carboxylic acids is 1. The highest BCUT2D eigenvalue weighted by molar-refractivity contribution is 5.99. The lowest BCUT2D eigenvalue weighted by molar-refractivity contribution is -0.143. The summed E-state index contributed by atoms with van der Waals surface area (Å²) in [6.07, 6.45) is 4.86. The third-order valence-corrected chi connectivity index (χ3v) is 4.61. The summed E-state index contributed by atoms with van der Waals surface area (Å²) in [5, 5.41) is 9.11.